The molecule has 0 aliphatic carbocycles. The van der Waals surface area contributed by atoms with Gasteiger partial charge in [0.05, 0.1) is 0 Å². The van der Waals surface area contributed by atoms with Crippen LogP contribution in [-0.2, 0) is 0 Å². The molecule has 0 unspecified atom stereocenters. The van der Waals surface area contributed by atoms with E-state index in [9.17, 15) is 10.2 Å². The van der Waals surface area contributed by atoms with Crippen molar-refractivity contribution in [3.8, 4) is 11.5 Å². The Morgan fingerprint density at radius 2 is 1.80 bits per heavy atom. The van der Waals surface area contributed by atoms with Gasteiger partial charge >= 0.3 is 0 Å². The summed E-state index contributed by atoms with van der Waals surface area (Å²) in [6, 6.07) is 5.43. The topological polar surface area (TPSA) is 52.5 Å². The van der Waals surface area contributed by atoms with Crippen molar-refractivity contribution < 1.29 is 10.2 Å². The molecule has 0 fully saturated rings. The molecule has 1 aromatic carbocycles. The van der Waals surface area contributed by atoms with E-state index in [2.05, 4.69) is 26.1 Å². The van der Waals surface area contributed by atoms with Gasteiger partial charge in [0.15, 0.2) is 11.5 Å². The third kappa shape index (κ3) is 3.44. The van der Waals surface area contributed by atoms with Crippen molar-refractivity contribution in [3.63, 3.8) is 0 Å². The lowest BCUT2D eigenvalue weighted by molar-refractivity contribution is 0.402. The molecule has 0 saturated heterocycles. The Bertz CT molecular complexity index is 323. The summed E-state index contributed by atoms with van der Waals surface area (Å²) in [6.45, 7) is 7.14. The molecule has 3 N–H and O–H groups in total. The standard InChI is InChI=1S/C12H19NO2/c1-8(2)13-7-9(3)10-4-5-11(14)12(15)6-10/h4-6,8-9,13-15H,7H2,1-3H3/t9-/m0/s1. The largest absolute Gasteiger partial charge is 0.504 e. The van der Waals surface area contributed by atoms with Crippen LogP contribution < -0.4 is 5.32 Å². The van der Waals surface area contributed by atoms with E-state index < -0.39 is 0 Å². The van der Waals surface area contributed by atoms with Gasteiger partial charge in [-0.25, -0.2) is 0 Å². The number of benzene rings is 1. The molecule has 84 valence electrons. The highest BCUT2D eigenvalue weighted by molar-refractivity contribution is 5.41. The van der Waals surface area contributed by atoms with Crippen molar-refractivity contribution in [1.29, 1.82) is 0 Å². The predicted octanol–water partition coefficient (Wildman–Crippen LogP) is 2.20. The van der Waals surface area contributed by atoms with E-state index in [0.717, 1.165) is 12.1 Å². The average molecular weight is 209 g/mol. The highest BCUT2D eigenvalue weighted by Gasteiger charge is 2.08. The molecule has 0 spiro atoms. The molecule has 0 aliphatic rings. The first-order chi connectivity index (χ1) is 7.00. The molecule has 0 aliphatic heterocycles. The lowest BCUT2D eigenvalue weighted by Crippen LogP contribution is -2.26. The van der Waals surface area contributed by atoms with Crippen LogP contribution in [0, 0.1) is 0 Å². The van der Waals surface area contributed by atoms with E-state index in [-0.39, 0.29) is 11.5 Å². The molecule has 1 aromatic rings. The van der Waals surface area contributed by atoms with Crippen molar-refractivity contribution >= 4 is 0 Å². The summed E-state index contributed by atoms with van der Waals surface area (Å²) in [6.07, 6.45) is 0. The van der Waals surface area contributed by atoms with Crippen LogP contribution in [0.3, 0.4) is 0 Å². The van der Waals surface area contributed by atoms with E-state index in [0.29, 0.717) is 12.0 Å². The summed E-state index contributed by atoms with van der Waals surface area (Å²) in [5, 5.41) is 21.9. The van der Waals surface area contributed by atoms with Crippen molar-refractivity contribution in [2.24, 2.45) is 0 Å². The van der Waals surface area contributed by atoms with E-state index in [1.54, 1.807) is 6.07 Å². The fourth-order valence-electron chi connectivity index (χ4n) is 1.38. The fraction of sp³-hybridized carbons (Fsp3) is 0.500. The monoisotopic (exact) mass is 209 g/mol. The number of nitrogens with one attached hydrogen (secondary N) is 1. The van der Waals surface area contributed by atoms with Gasteiger partial charge in [-0.15, -0.1) is 0 Å². The molecule has 1 atom stereocenters. The summed E-state index contributed by atoms with van der Waals surface area (Å²) < 4.78 is 0. The molecule has 0 heterocycles. The maximum Gasteiger partial charge on any atom is 0.157 e. The Hall–Kier alpha value is -1.22. The van der Waals surface area contributed by atoms with Gasteiger partial charge in [-0.3, -0.25) is 0 Å². The highest BCUT2D eigenvalue weighted by Crippen LogP contribution is 2.28. The van der Waals surface area contributed by atoms with Gasteiger partial charge in [-0.05, 0) is 23.6 Å². The smallest absolute Gasteiger partial charge is 0.157 e. The molecular formula is C12H19NO2. The third-order valence-corrected chi connectivity index (χ3v) is 2.40. The normalized spacial score (nSPS) is 13.1. The van der Waals surface area contributed by atoms with Crippen molar-refractivity contribution in [3.05, 3.63) is 23.8 Å². The lowest BCUT2D eigenvalue weighted by atomic mass is 10.0. The van der Waals surface area contributed by atoms with Crippen molar-refractivity contribution in [2.45, 2.75) is 32.7 Å². The molecule has 1 rings (SSSR count). The number of hydrogen-bond acceptors (Lipinski definition) is 3. The van der Waals surface area contributed by atoms with Crippen LogP contribution in [0.5, 0.6) is 11.5 Å². The molecule has 0 saturated carbocycles. The quantitative estimate of drug-likeness (QED) is 0.666. The molecule has 0 amide bonds. The summed E-state index contributed by atoms with van der Waals surface area (Å²) in [5.74, 6) is 0.200. The van der Waals surface area contributed by atoms with Crippen molar-refractivity contribution in [2.75, 3.05) is 6.54 Å². The number of phenolic OH excluding ortho intramolecular Hbond substituents is 2. The van der Waals surface area contributed by atoms with Gasteiger partial charge < -0.3 is 15.5 Å². The SMILES string of the molecule is CC(C)NC[C@H](C)c1ccc(O)c(O)c1. The van der Waals surface area contributed by atoms with Crippen LogP contribution in [0.1, 0.15) is 32.3 Å². The Labute approximate surface area is 90.8 Å². The predicted molar refractivity (Wildman–Crippen MR) is 61.3 cm³/mol. The minimum atomic E-state index is -0.0669. The third-order valence-electron chi connectivity index (χ3n) is 2.40. The Balaban J connectivity index is 2.65. The minimum absolute atomic E-state index is 0.0519. The Kier molecular flexibility index (Phi) is 3.97. The van der Waals surface area contributed by atoms with Gasteiger partial charge in [-0.1, -0.05) is 26.8 Å². The van der Waals surface area contributed by atoms with Crippen molar-refractivity contribution in [1.82, 2.24) is 5.32 Å². The number of hydrogen-bond donors (Lipinski definition) is 3. The fourth-order valence-corrected chi connectivity index (χ4v) is 1.38. The van der Waals surface area contributed by atoms with Gasteiger partial charge in [0.25, 0.3) is 0 Å². The number of phenols is 2. The summed E-state index contributed by atoms with van der Waals surface area (Å²) >= 11 is 0. The molecule has 0 aromatic heterocycles. The molecule has 0 bridgehead atoms. The van der Waals surface area contributed by atoms with Gasteiger partial charge in [-0.2, -0.15) is 0 Å². The molecule has 0 radical (unpaired) electrons. The second-order valence-corrected chi connectivity index (χ2v) is 4.21. The average Bonchev–Trinajstić information content (AvgIpc) is 2.18. The first-order valence-electron chi connectivity index (χ1n) is 5.26. The highest BCUT2D eigenvalue weighted by atomic mass is 16.3. The Morgan fingerprint density at radius 1 is 1.13 bits per heavy atom. The second kappa shape index (κ2) is 5.03. The molecule has 3 heteroatoms. The summed E-state index contributed by atoms with van der Waals surface area (Å²) in [4.78, 5) is 0. The second-order valence-electron chi connectivity index (χ2n) is 4.21. The van der Waals surface area contributed by atoms with Crippen LogP contribution in [0.4, 0.5) is 0 Å². The summed E-state index contributed by atoms with van der Waals surface area (Å²) in [7, 11) is 0. The van der Waals surface area contributed by atoms with Gasteiger partial charge in [0.2, 0.25) is 0 Å². The van der Waals surface area contributed by atoms with E-state index in [4.69, 9.17) is 0 Å². The Morgan fingerprint density at radius 3 is 2.33 bits per heavy atom. The lowest BCUT2D eigenvalue weighted by Gasteiger charge is -2.15. The number of aromatic hydroxyl groups is 2. The first-order valence-corrected chi connectivity index (χ1v) is 5.26. The van der Waals surface area contributed by atoms with Crippen LogP contribution in [-0.4, -0.2) is 22.8 Å². The zero-order valence-electron chi connectivity index (χ0n) is 9.49. The zero-order chi connectivity index (χ0) is 11.4. The molecular weight excluding hydrogens is 190 g/mol. The van der Waals surface area contributed by atoms with Crippen LogP contribution in [0.15, 0.2) is 18.2 Å². The number of rotatable bonds is 4. The zero-order valence-corrected chi connectivity index (χ0v) is 9.49. The summed E-state index contributed by atoms with van der Waals surface area (Å²) in [5.41, 5.74) is 1.03. The van der Waals surface area contributed by atoms with Crippen LogP contribution in [0.2, 0.25) is 0 Å². The maximum atomic E-state index is 9.36. The van der Waals surface area contributed by atoms with E-state index in [1.807, 2.05) is 6.07 Å². The molecule has 15 heavy (non-hydrogen) atoms. The minimum Gasteiger partial charge on any atom is -0.504 e. The molecule has 3 nitrogen and oxygen atoms in total. The maximum absolute atomic E-state index is 9.36. The first kappa shape index (κ1) is 11.9. The van der Waals surface area contributed by atoms with Gasteiger partial charge in [0, 0.05) is 12.6 Å². The van der Waals surface area contributed by atoms with Crippen LogP contribution >= 0.6 is 0 Å². The van der Waals surface area contributed by atoms with E-state index in [1.165, 1.54) is 6.07 Å². The van der Waals surface area contributed by atoms with Crippen LogP contribution in [0.25, 0.3) is 0 Å². The van der Waals surface area contributed by atoms with Gasteiger partial charge in [0.1, 0.15) is 0 Å². The van der Waals surface area contributed by atoms with E-state index >= 15 is 0 Å².